The van der Waals surface area contributed by atoms with Crippen LogP contribution in [0.4, 0.5) is 4.39 Å². The summed E-state index contributed by atoms with van der Waals surface area (Å²) < 4.78 is 19.2. The first-order valence-corrected chi connectivity index (χ1v) is 7.43. The fourth-order valence-corrected chi connectivity index (χ4v) is 2.76. The Morgan fingerprint density at radius 2 is 2.16 bits per heavy atom. The maximum atomic E-state index is 13.9. The van der Waals surface area contributed by atoms with Crippen molar-refractivity contribution < 1.29 is 8.81 Å². The number of nitrogens with one attached hydrogen (secondary N) is 1. The van der Waals surface area contributed by atoms with Crippen molar-refractivity contribution >= 4 is 11.8 Å². The van der Waals surface area contributed by atoms with Crippen molar-refractivity contribution in [3.05, 3.63) is 53.7 Å². The van der Waals surface area contributed by atoms with Gasteiger partial charge in [-0.25, -0.2) is 4.39 Å². The minimum Gasteiger partial charge on any atom is -0.468 e. The van der Waals surface area contributed by atoms with E-state index in [4.69, 9.17) is 4.42 Å². The van der Waals surface area contributed by atoms with Gasteiger partial charge >= 0.3 is 0 Å². The van der Waals surface area contributed by atoms with Crippen molar-refractivity contribution in [1.82, 2.24) is 5.32 Å². The summed E-state index contributed by atoms with van der Waals surface area (Å²) in [5.41, 5.74) is 0.743. The molecule has 0 unspecified atom stereocenters. The molecule has 102 valence electrons. The molecule has 0 radical (unpaired) electrons. The lowest BCUT2D eigenvalue weighted by molar-refractivity contribution is 0.530. The van der Waals surface area contributed by atoms with E-state index in [9.17, 15) is 4.39 Å². The second-order valence-corrected chi connectivity index (χ2v) is 5.28. The number of hydrogen-bond acceptors (Lipinski definition) is 3. The van der Waals surface area contributed by atoms with E-state index in [1.165, 1.54) is 6.07 Å². The summed E-state index contributed by atoms with van der Waals surface area (Å²) in [6.45, 7) is 3.57. The van der Waals surface area contributed by atoms with E-state index in [2.05, 4.69) is 12.2 Å². The van der Waals surface area contributed by atoms with Crippen LogP contribution < -0.4 is 5.32 Å². The molecule has 0 saturated heterocycles. The Bertz CT molecular complexity index is 499. The molecule has 0 saturated carbocycles. The van der Waals surface area contributed by atoms with E-state index >= 15 is 0 Å². The minimum atomic E-state index is -0.145. The van der Waals surface area contributed by atoms with Gasteiger partial charge in [-0.1, -0.05) is 13.0 Å². The normalized spacial score (nSPS) is 10.8. The van der Waals surface area contributed by atoms with Crippen LogP contribution in [-0.4, -0.2) is 6.54 Å². The van der Waals surface area contributed by atoms with E-state index in [-0.39, 0.29) is 5.82 Å². The lowest BCUT2D eigenvalue weighted by atomic mass is 10.2. The van der Waals surface area contributed by atoms with Crippen LogP contribution in [0, 0.1) is 5.82 Å². The van der Waals surface area contributed by atoms with Crippen LogP contribution in [0.15, 0.2) is 45.9 Å². The van der Waals surface area contributed by atoms with Gasteiger partial charge in [0, 0.05) is 17.0 Å². The van der Waals surface area contributed by atoms with Crippen molar-refractivity contribution in [2.24, 2.45) is 0 Å². The zero-order valence-electron chi connectivity index (χ0n) is 11.0. The molecule has 0 aliphatic heterocycles. The molecular formula is C15H18FNOS. The molecule has 0 spiro atoms. The second kappa shape index (κ2) is 7.36. The van der Waals surface area contributed by atoms with Crippen molar-refractivity contribution in [3.63, 3.8) is 0 Å². The molecule has 2 nitrogen and oxygen atoms in total. The lowest BCUT2D eigenvalue weighted by Gasteiger charge is -2.10. The SMILES string of the molecule is CCCNCc1c(F)cccc1SCc1ccco1. The first-order chi connectivity index (χ1) is 9.31. The van der Waals surface area contributed by atoms with Crippen LogP contribution in [-0.2, 0) is 12.3 Å². The highest BCUT2D eigenvalue weighted by molar-refractivity contribution is 7.98. The van der Waals surface area contributed by atoms with E-state index in [0.717, 1.165) is 34.9 Å². The van der Waals surface area contributed by atoms with E-state index in [1.807, 2.05) is 18.2 Å². The van der Waals surface area contributed by atoms with Gasteiger partial charge in [0.05, 0.1) is 12.0 Å². The quantitative estimate of drug-likeness (QED) is 0.607. The molecule has 0 fully saturated rings. The van der Waals surface area contributed by atoms with Gasteiger partial charge in [-0.15, -0.1) is 11.8 Å². The van der Waals surface area contributed by atoms with Crippen LogP contribution in [0.3, 0.4) is 0 Å². The zero-order chi connectivity index (χ0) is 13.5. The van der Waals surface area contributed by atoms with E-state index < -0.39 is 0 Å². The zero-order valence-corrected chi connectivity index (χ0v) is 11.8. The Morgan fingerprint density at radius 3 is 2.89 bits per heavy atom. The van der Waals surface area contributed by atoms with Crippen molar-refractivity contribution in [2.45, 2.75) is 30.5 Å². The van der Waals surface area contributed by atoms with Crippen LogP contribution in [0.1, 0.15) is 24.7 Å². The van der Waals surface area contributed by atoms with Gasteiger partial charge in [-0.2, -0.15) is 0 Å². The monoisotopic (exact) mass is 279 g/mol. The van der Waals surface area contributed by atoms with Gasteiger partial charge < -0.3 is 9.73 Å². The summed E-state index contributed by atoms with van der Waals surface area (Å²) in [6, 6.07) is 9.02. The summed E-state index contributed by atoms with van der Waals surface area (Å²) in [4.78, 5) is 0.972. The van der Waals surface area contributed by atoms with Gasteiger partial charge in [0.1, 0.15) is 11.6 Å². The Morgan fingerprint density at radius 1 is 1.26 bits per heavy atom. The predicted molar refractivity (Wildman–Crippen MR) is 76.7 cm³/mol. The van der Waals surface area contributed by atoms with E-state index in [1.54, 1.807) is 24.1 Å². The number of thioether (sulfide) groups is 1. The topological polar surface area (TPSA) is 25.2 Å². The van der Waals surface area contributed by atoms with Crippen molar-refractivity contribution in [2.75, 3.05) is 6.54 Å². The molecule has 0 aliphatic carbocycles. The number of furan rings is 1. The third kappa shape index (κ3) is 4.11. The highest BCUT2D eigenvalue weighted by atomic mass is 32.2. The highest BCUT2D eigenvalue weighted by Gasteiger charge is 2.09. The molecule has 0 aliphatic rings. The maximum absolute atomic E-state index is 13.9. The van der Waals surface area contributed by atoms with Gasteiger partial charge in [0.2, 0.25) is 0 Å². The summed E-state index contributed by atoms with van der Waals surface area (Å²) in [5, 5.41) is 3.25. The largest absolute Gasteiger partial charge is 0.468 e. The smallest absolute Gasteiger partial charge is 0.128 e. The van der Waals surface area contributed by atoms with Crippen LogP contribution in [0.5, 0.6) is 0 Å². The lowest BCUT2D eigenvalue weighted by Crippen LogP contribution is -2.15. The predicted octanol–water partition coefficient (Wildman–Crippen LogP) is 4.21. The third-order valence-electron chi connectivity index (χ3n) is 2.75. The molecule has 2 aromatic rings. The summed E-state index contributed by atoms with van der Waals surface area (Å²) >= 11 is 1.60. The Hall–Kier alpha value is -1.26. The minimum absolute atomic E-state index is 0.145. The third-order valence-corrected chi connectivity index (χ3v) is 3.88. The van der Waals surface area contributed by atoms with Gasteiger partial charge in [-0.05, 0) is 37.2 Å². The summed E-state index contributed by atoms with van der Waals surface area (Å²) in [7, 11) is 0. The molecule has 2 rings (SSSR count). The second-order valence-electron chi connectivity index (χ2n) is 4.26. The fraction of sp³-hybridized carbons (Fsp3) is 0.333. The number of halogens is 1. The van der Waals surface area contributed by atoms with Crippen molar-refractivity contribution in [3.8, 4) is 0 Å². The molecule has 19 heavy (non-hydrogen) atoms. The molecule has 0 bridgehead atoms. The molecule has 1 N–H and O–H groups in total. The van der Waals surface area contributed by atoms with Crippen LogP contribution in [0.2, 0.25) is 0 Å². The molecule has 1 aromatic carbocycles. The van der Waals surface area contributed by atoms with Crippen LogP contribution >= 0.6 is 11.8 Å². The van der Waals surface area contributed by atoms with Crippen LogP contribution in [0.25, 0.3) is 0 Å². The first kappa shape index (κ1) is 14.2. The Labute approximate surface area is 117 Å². The summed E-state index contributed by atoms with van der Waals surface area (Å²) in [5.74, 6) is 1.48. The highest BCUT2D eigenvalue weighted by Crippen LogP contribution is 2.28. The molecule has 0 atom stereocenters. The molecule has 1 aromatic heterocycles. The fourth-order valence-electron chi connectivity index (χ4n) is 1.78. The average molecular weight is 279 g/mol. The number of benzene rings is 1. The molecule has 4 heteroatoms. The molecule has 0 amide bonds. The van der Waals surface area contributed by atoms with Crippen molar-refractivity contribution in [1.29, 1.82) is 0 Å². The molecule has 1 heterocycles. The Kier molecular flexibility index (Phi) is 5.48. The number of rotatable bonds is 7. The van der Waals surface area contributed by atoms with Gasteiger partial charge in [0.25, 0.3) is 0 Å². The first-order valence-electron chi connectivity index (χ1n) is 6.44. The van der Waals surface area contributed by atoms with Gasteiger partial charge in [-0.3, -0.25) is 0 Å². The average Bonchev–Trinajstić information content (AvgIpc) is 2.92. The van der Waals surface area contributed by atoms with Gasteiger partial charge in [0.15, 0.2) is 0 Å². The maximum Gasteiger partial charge on any atom is 0.128 e. The summed E-state index contributed by atoms with van der Waals surface area (Å²) in [6.07, 6.45) is 2.70. The van der Waals surface area contributed by atoms with E-state index in [0.29, 0.717) is 6.54 Å². The Balaban J connectivity index is 2.03. The standard InChI is InChI=1S/C15H18FNOS/c1-2-8-17-10-13-14(16)6-3-7-15(13)19-11-12-5-4-9-18-12/h3-7,9,17H,2,8,10-11H2,1H3. The molecular weight excluding hydrogens is 261 g/mol. The number of hydrogen-bond donors (Lipinski definition) is 1.